The lowest BCUT2D eigenvalue weighted by molar-refractivity contribution is -0.133. The van der Waals surface area contributed by atoms with Gasteiger partial charge in [0, 0.05) is 23.7 Å². The van der Waals surface area contributed by atoms with Gasteiger partial charge in [-0.2, -0.15) is 0 Å². The maximum atomic E-state index is 12.0. The molecule has 0 radical (unpaired) electrons. The van der Waals surface area contributed by atoms with Crippen molar-refractivity contribution >= 4 is 23.2 Å². The maximum absolute atomic E-state index is 12.0. The van der Waals surface area contributed by atoms with Crippen molar-refractivity contribution in [3.63, 3.8) is 0 Å². The third kappa shape index (κ3) is 3.07. The Hall–Kier alpha value is -1.42. The Morgan fingerprint density at radius 2 is 2.28 bits per heavy atom. The minimum atomic E-state index is -0.000578. The number of benzene rings is 1. The molecular formula is C13H17ClN2O2. The van der Waals surface area contributed by atoms with Crippen molar-refractivity contribution in [2.75, 3.05) is 18.9 Å². The molecule has 1 aromatic rings. The van der Waals surface area contributed by atoms with Gasteiger partial charge < -0.3 is 15.4 Å². The van der Waals surface area contributed by atoms with E-state index in [9.17, 15) is 4.79 Å². The number of carbonyl (C=O) groups excluding carboxylic acids is 1. The van der Waals surface area contributed by atoms with Gasteiger partial charge in [0.2, 0.25) is 0 Å². The molecule has 0 unspecified atom stereocenters. The van der Waals surface area contributed by atoms with Gasteiger partial charge in [-0.05, 0) is 31.9 Å². The number of halogens is 1. The minimum absolute atomic E-state index is 0.000578. The fourth-order valence-corrected chi connectivity index (χ4v) is 2.04. The summed E-state index contributed by atoms with van der Waals surface area (Å²) in [6, 6.07) is 5.38. The van der Waals surface area contributed by atoms with Crippen LogP contribution in [0, 0.1) is 0 Å². The Bertz CT molecular complexity index is 447. The summed E-state index contributed by atoms with van der Waals surface area (Å²) in [7, 11) is 0. The highest BCUT2D eigenvalue weighted by Gasteiger charge is 2.31. The molecule has 0 atom stereocenters. The van der Waals surface area contributed by atoms with Crippen molar-refractivity contribution in [1.82, 2.24) is 4.90 Å². The van der Waals surface area contributed by atoms with Crippen LogP contribution in [-0.4, -0.2) is 30.0 Å². The zero-order valence-electron chi connectivity index (χ0n) is 10.4. The second kappa shape index (κ2) is 5.48. The lowest BCUT2D eigenvalue weighted by atomic mass is 10.3. The summed E-state index contributed by atoms with van der Waals surface area (Å²) in [4.78, 5) is 13.8. The standard InChI is InChI=1S/C13H17ClN2O2/c1-2-16(10-4-5-10)13(17)8-18-12-7-9(14)3-6-11(12)15/h3,6-7,10H,2,4-5,8,15H2,1H3. The summed E-state index contributed by atoms with van der Waals surface area (Å²) < 4.78 is 5.44. The van der Waals surface area contributed by atoms with Crippen LogP contribution in [0.1, 0.15) is 19.8 Å². The molecule has 1 aliphatic carbocycles. The smallest absolute Gasteiger partial charge is 0.260 e. The summed E-state index contributed by atoms with van der Waals surface area (Å²) in [6.45, 7) is 2.71. The molecule has 5 heteroatoms. The lowest BCUT2D eigenvalue weighted by Crippen LogP contribution is -2.36. The monoisotopic (exact) mass is 268 g/mol. The molecule has 2 N–H and O–H groups in total. The first-order chi connectivity index (χ1) is 8.61. The summed E-state index contributed by atoms with van der Waals surface area (Å²) in [5, 5.41) is 0.543. The average Bonchev–Trinajstić information content (AvgIpc) is 3.16. The molecular weight excluding hydrogens is 252 g/mol. The fourth-order valence-electron chi connectivity index (χ4n) is 1.88. The van der Waals surface area contributed by atoms with E-state index in [0.717, 1.165) is 19.4 Å². The molecule has 0 aliphatic heterocycles. The number of rotatable bonds is 5. The molecule has 1 aromatic carbocycles. The van der Waals surface area contributed by atoms with Crippen LogP contribution < -0.4 is 10.5 Å². The third-order valence-corrected chi connectivity index (χ3v) is 3.21. The molecule has 0 bridgehead atoms. The quantitative estimate of drug-likeness (QED) is 0.834. The zero-order valence-corrected chi connectivity index (χ0v) is 11.1. The molecule has 0 heterocycles. The first-order valence-electron chi connectivity index (χ1n) is 6.09. The number of nitrogen functional groups attached to an aromatic ring is 1. The van der Waals surface area contributed by atoms with Crippen LogP contribution in [-0.2, 0) is 4.79 Å². The lowest BCUT2D eigenvalue weighted by Gasteiger charge is -2.20. The van der Waals surface area contributed by atoms with E-state index in [1.54, 1.807) is 18.2 Å². The van der Waals surface area contributed by atoms with E-state index in [1.165, 1.54) is 0 Å². The Balaban J connectivity index is 1.94. The average molecular weight is 269 g/mol. The zero-order chi connectivity index (χ0) is 13.1. The Morgan fingerprint density at radius 1 is 1.56 bits per heavy atom. The molecule has 2 rings (SSSR count). The van der Waals surface area contributed by atoms with E-state index in [-0.39, 0.29) is 12.5 Å². The summed E-state index contributed by atoms with van der Waals surface area (Å²) in [6.07, 6.45) is 2.19. The third-order valence-electron chi connectivity index (χ3n) is 2.98. The van der Waals surface area contributed by atoms with Crippen LogP contribution in [0.2, 0.25) is 5.02 Å². The molecule has 0 saturated heterocycles. The van der Waals surface area contributed by atoms with Crippen LogP contribution in [0.25, 0.3) is 0 Å². The first kappa shape index (κ1) is 13.0. The van der Waals surface area contributed by atoms with Crippen molar-refractivity contribution in [3.05, 3.63) is 23.2 Å². The number of nitrogens with two attached hydrogens (primary N) is 1. The largest absolute Gasteiger partial charge is 0.482 e. The Labute approximate surface area is 112 Å². The van der Waals surface area contributed by atoms with Crippen molar-refractivity contribution in [2.45, 2.75) is 25.8 Å². The second-order valence-corrected chi connectivity index (χ2v) is 4.82. The van der Waals surface area contributed by atoms with Crippen LogP contribution in [0.15, 0.2) is 18.2 Å². The molecule has 0 spiro atoms. The number of likely N-dealkylation sites (N-methyl/N-ethyl adjacent to an activating group) is 1. The number of anilines is 1. The van der Waals surface area contributed by atoms with Crippen LogP contribution in [0.3, 0.4) is 0 Å². The van der Waals surface area contributed by atoms with Gasteiger partial charge in [0.05, 0.1) is 5.69 Å². The van der Waals surface area contributed by atoms with Crippen molar-refractivity contribution in [1.29, 1.82) is 0 Å². The van der Waals surface area contributed by atoms with Crippen molar-refractivity contribution in [2.24, 2.45) is 0 Å². The van der Waals surface area contributed by atoms with Crippen LogP contribution in [0.4, 0.5) is 5.69 Å². The highest BCUT2D eigenvalue weighted by Crippen LogP contribution is 2.28. The molecule has 18 heavy (non-hydrogen) atoms. The Kier molecular flexibility index (Phi) is 3.97. The number of amides is 1. The van der Waals surface area contributed by atoms with Gasteiger partial charge in [0.15, 0.2) is 6.61 Å². The first-order valence-corrected chi connectivity index (χ1v) is 6.47. The van der Waals surface area contributed by atoms with E-state index in [0.29, 0.717) is 22.5 Å². The van der Waals surface area contributed by atoms with Gasteiger partial charge in [0.1, 0.15) is 5.75 Å². The summed E-state index contributed by atoms with van der Waals surface area (Å²) in [5.41, 5.74) is 6.24. The highest BCUT2D eigenvalue weighted by molar-refractivity contribution is 6.30. The van der Waals surface area contributed by atoms with Gasteiger partial charge in [-0.3, -0.25) is 4.79 Å². The summed E-state index contributed by atoms with van der Waals surface area (Å²) in [5.74, 6) is 0.460. The fraction of sp³-hybridized carbons (Fsp3) is 0.462. The highest BCUT2D eigenvalue weighted by atomic mass is 35.5. The van der Waals surface area contributed by atoms with E-state index in [4.69, 9.17) is 22.1 Å². The second-order valence-electron chi connectivity index (χ2n) is 4.38. The molecule has 4 nitrogen and oxygen atoms in total. The van der Waals surface area contributed by atoms with Gasteiger partial charge in [0.25, 0.3) is 5.91 Å². The summed E-state index contributed by atoms with van der Waals surface area (Å²) >= 11 is 5.85. The molecule has 1 fully saturated rings. The molecule has 0 aromatic heterocycles. The predicted octanol–water partition coefficient (Wildman–Crippen LogP) is 2.31. The number of nitrogens with zero attached hydrogens (tertiary/aromatic N) is 1. The number of hydrogen-bond acceptors (Lipinski definition) is 3. The predicted molar refractivity (Wildman–Crippen MR) is 71.8 cm³/mol. The molecule has 1 aliphatic rings. The normalized spacial score (nSPS) is 14.3. The Morgan fingerprint density at radius 3 is 2.89 bits per heavy atom. The van der Waals surface area contributed by atoms with E-state index < -0.39 is 0 Å². The van der Waals surface area contributed by atoms with E-state index in [1.807, 2.05) is 11.8 Å². The maximum Gasteiger partial charge on any atom is 0.260 e. The SMILES string of the molecule is CCN(C(=O)COc1cc(Cl)ccc1N)C1CC1. The minimum Gasteiger partial charge on any atom is -0.482 e. The van der Waals surface area contributed by atoms with E-state index in [2.05, 4.69) is 0 Å². The molecule has 98 valence electrons. The van der Waals surface area contributed by atoms with E-state index >= 15 is 0 Å². The van der Waals surface area contributed by atoms with Crippen molar-refractivity contribution < 1.29 is 9.53 Å². The van der Waals surface area contributed by atoms with Crippen LogP contribution >= 0.6 is 11.6 Å². The van der Waals surface area contributed by atoms with Gasteiger partial charge >= 0.3 is 0 Å². The number of carbonyl (C=O) groups is 1. The van der Waals surface area contributed by atoms with Crippen LogP contribution in [0.5, 0.6) is 5.75 Å². The van der Waals surface area contributed by atoms with Gasteiger partial charge in [-0.1, -0.05) is 11.6 Å². The molecule has 1 amide bonds. The van der Waals surface area contributed by atoms with Gasteiger partial charge in [-0.25, -0.2) is 0 Å². The van der Waals surface area contributed by atoms with Crippen molar-refractivity contribution in [3.8, 4) is 5.75 Å². The van der Waals surface area contributed by atoms with Gasteiger partial charge in [-0.15, -0.1) is 0 Å². The number of hydrogen-bond donors (Lipinski definition) is 1. The number of ether oxygens (including phenoxy) is 1. The molecule has 1 saturated carbocycles. The topological polar surface area (TPSA) is 55.6 Å².